The number of hydrogen-bond acceptors (Lipinski definition) is 4. The Balaban J connectivity index is 2.11. The summed E-state index contributed by atoms with van der Waals surface area (Å²) in [6.45, 7) is 6.23. The van der Waals surface area contributed by atoms with Gasteiger partial charge < -0.3 is 14.4 Å². The summed E-state index contributed by atoms with van der Waals surface area (Å²) in [5, 5.41) is 7.08. The molecule has 1 amide bonds. The number of methoxy groups -OCH3 is 1. The predicted molar refractivity (Wildman–Crippen MR) is 77.9 cm³/mol. The number of hydrogen-bond donors (Lipinski definition) is 1. The molecule has 0 spiro atoms. The maximum atomic E-state index is 12.5. The van der Waals surface area contributed by atoms with E-state index < -0.39 is 0 Å². The minimum absolute atomic E-state index is 0.0695. The molecule has 0 unspecified atom stereocenters. The number of amides is 1. The number of aromatic nitrogens is 2. The Morgan fingerprint density at radius 1 is 1.65 bits per heavy atom. The molecule has 1 saturated heterocycles. The van der Waals surface area contributed by atoms with E-state index >= 15 is 0 Å². The molecule has 1 aromatic heterocycles. The van der Waals surface area contributed by atoms with Crippen molar-refractivity contribution in [1.29, 1.82) is 0 Å². The molecule has 1 aromatic rings. The van der Waals surface area contributed by atoms with Gasteiger partial charge in [0.15, 0.2) is 5.69 Å². The van der Waals surface area contributed by atoms with Gasteiger partial charge in [-0.05, 0) is 21.8 Å². The largest absolute Gasteiger partial charge is 0.382 e. The first-order valence-electron chi connectivity index (χ1n) is 6.68. The van der Waals surface area contributed by atoms with E-state index in [1.165, 1.54) is 0 Å². The van der Waals surface area contributed by atoms with Crippen molar-refractivity contribution in [2.45, 2.75) is 25.9 Å². The average molecular weight is 346 g/mol. The SMILES string of the molecule is COC[C@@H]1CN(C(=O)c2n[nH]c(C(C)C)c2Br)CCO1. The molecule has 1 fully saturated rings. The van der Waals surface area contributed by atoms with Gasteiger partial charge in [0.05, 0.1) is 29.5 Å². The monoisotopic (exact) mass is 345 g/mol. The fourth-order valence-corrected chi connectivity index (χ4v) is 3.01. The predicted octanol–water partition coefficient (Wildman–Crippen LogP) is 1.78. The number of ether oxygens (including phenoxy) is 2. The van der Waals surface area contributed by atoms with Crippen LogP contribution < -0.4 is 0 Å². The molecule has 2 rings (SSSR count). The number of rotatable bonds is 4. The van der Waals surface area contributed by atoms with Crippen LogP contribution in [0.4, 0.5) is 0 Å². The van der Waals surface area contributed by atoms with Crippen molar-refractivity contribution in [2.75, 3.05) is 33.4 Å². The summed E-state index contributed by atoms with van der Waals surface area (Å²) in [6.07, 6.45) is -0.0695. The van der Waals surface area contributed by atoms with Crippen LogP contribution in [0.15, 0.2) is 4.47 Å². The highest BCUT2D eigenvalue weighted by molar-refractivity contribution is 9.10. The third-order valence-corrected chi connectivity index (χ3v) is 4.09. The summed E-state index contributed by atoms with van der Waals surface area (Å²) < 4.78 is 11.4. The molecular formula is C13H20BrN3O3. The Bertz CT molecular complexity index is 473. The van der Waals surface area contributed by atoms with Gasteiger partial charge in [-0.25, -0.2) is 0 Å². The molecular weight excluding hydrogens is 326 g/mol. The maximum absolute atomic E-state index is 12.5. The molecule has 1 atom stereocenters. The van der Waals surface area contributed by atoms with Crippen LogP contribution in [0, 0.1) is 0 Å². The minimum Gasteiger partial charge on any atom is -0.382 e. The van der Waals surface area contributed by atoms with E-state index in [0.29, 0.717) is 32.0 Å². The molecule has 1 aliphatic heterocycles. The van der Waals surface area contributed by atoms with Gasteiger partial charge in [0.1, 0.15) is 0 Å². The number of carbonyl (C=O) groups excluding carboxylic acids is 1. The van der Waals surface area contributed by atoms with Gasteiger partial charge in [-0.3, -0.25) is 9.89 Å². The molecule has 2 heterocycles. The normalized spacial score (nSPS) is 19.6. The van der Waals surface area contributed by atoms with E-state index in [1.807, 2.05) is 0 Å². The lowest BCUT2D eigenvalue weighted by Crippen LogP contribution is -2.47. The zero-order valence-corrected chi connectivity index (χ0v) is 13.6. The lowest BCUT2D eigenvalue weighted by molar-refractivity contribution is -0.0532. The Morgan fingerprint density at radius 3 is 3.00 bits per heavy atom. The number of aromatic amines is 1. The Hall–Kier alpha value is -0.920. The Kier molecular flexibility index (Phi) is 5.17. The first-order chi connectivity index (χ1) is 9.54. The summed E-state index contributed by atoms with van der Waals surface area (Å²) in [7, 11) is 1.63. The summed E-state index contributed by atoms with van der Waals surface area (Å²) in [6, 6.07) is 0. The van der Waals surface area contributed by atoms with Crippen molar-refractivity contribution >= 4 is 21.8 Å². The number of nitrogens with zero attached hydrogens (tertiary/aromatic N) is 2. The number of halogens is 1. The molecule has 20 heavy (non-hydrogen) atoms. The molecule has 0 aromatic carbocycles. The second-order valence-electron chi connectivity index (χ2n) is 5.15. The molecule has 1 aliphatic rings. The Labute approximate surface area is 126 Å². The highest BCUT2D eigenvalue weighted by atomic mass is 79.9. The maximum Gasteiger partial charge on any atom is 0.275 e. The van der Waals surface area contributed by atoms with E-state index in [2.05, 4.69) is 40.0 Å². The molecule has 0 saturated carbocycles. The third-order valence-electron chi connectivity index (χ3n) is 3.29. The van der Waals surface area contributed by atoms with Crippen molar-refractivity contribution in [3.63, 3.8) is 0 Å². The van der Waals surface area contributed by atoms with Crippen LogP contribution in [-0.4, -0.2) is 60.5 Å². The van der Waals surface area contributed by atoms with Crippen molar-refractivity contribution in [2.24, 2.45) is 0 Å². The fraction of sp³-hybridized carbons (Fsp3) is 0.692. The van der Waals surface area contributed by atoms with Gasteiger partial charge in [-0.2, -0.15) is 5.10 Å². The zero-order valence-electron chi connectivity index (χ0n) is 12.0. The summed E-state index contributed by atoms with van der Waals surface area (Å²) in [4.78, 5) is 14.3. The number of morpholine rings is 1. The minimum atomic E-state index is -0.0792. The highest BCUT2D eigenvalue weighted by Crippen LogP contribution is 2.26. The lowest BCUT2D eigenvalue weighted by Gasteiger charge is -2.32. The van der Waals surface area contributed by atoms with Crippen molar-refractivity contribution < 1.29 is 14.3 Å². The van der Waals surface area contributed by atoms with Crippen LogP contribution in [0.2, 0.25) is 0 Å². The first kappa shape index (κ1) is 15.5. The van der Waals surface area contributed by atoms with Gasteiger partial charge >= 0.3 is 0 Å². The lowest BCUT2D eigenvalue weighted by atomic mass is 10.1. The summed E-state index contributed by atoms with van der Waals surface area (Å²) in [5.41, 5.74) is 1.38. The highest BCUT2D eigenvalue weighted by Gasteiger charge is 2.28. The average Bonchev–Trinajstić information content (AvgIpc) is 2.80. The Morgan fingerprint density at radius 2 is 2.40 bits per heavy atom. The van der Waals surface area contributed by atoms with Crippen LogP contribution in [0.3, 0.4) is 0 Å². The number of carbonyl (C=O) groups is 1. The fourth-order valence-electron chi connectivity index (χ4n) is 2.21. The topological polar surface area (TPSA) is 67.5 Å². The number of nitrogens with one attached hydrogen (secondary N) is 1. The molecule has 1 N–H and O–H groups in total. The first-order valence-corrected chi connectivity index (χ1v) is 7.47. The molecule has 6 nitrogen and oxygen atoms in total. The van der Waals surface area contributed by atoms with Crippen LogP contribution in [0.25, 0.3) is 0 Å². The van der Waals surface area contributed by atoms with Gasteiger partial charge in [0.2, 0.25) is 0 Å². The second-order valence-corrected chi connectivity index (χ2v) is 5.95. The van der Waals surface area contributed by atoms with E-state index in [1.54, 1.807) is 12.0 Å². The quantitative estimate of drug-likeness (QED) is 0.903. The van der Waals surface area contributed by atoms with Gasteiger partial charge in [-0.1, -0.05) is 13.8 Å². The van der Waals surface area contributed by atoms with Crippen LogP contribution in [-0.2, 0) is 9.47 Å². The van der Waals surface area contributed by atoms with Crippen LogP contribution in [0.1, 0.15) is 35.9 Å². The van der Waals surface area contributed by atoms with Crippen molar-refractivity contribution in [3.05, 3.63) is 15.9 Å². The van der Waals surface area contributed by atoms with E-state index in [9.17, 15) is 4.79 Å². The van der Waals surface area contributed by atoms with E-state index in [4.69, 9.17) is 9.47 Å². The van der Waals surface area contributed by atoms with Crippen LogP contribution >= 0.6 is 15.9 Å². The van der Waals surface area contributed by atoms with E-state index in [-0.39, 0.29) is 17.9 Å². The molecule has 7 heteroatoms. The molecule has 112 valence electrons. The summed E-state index contributed by atoms with van der Waals surface area (Å²) in [5.74, 6) is 0.203. The number of H-pyrrole nitrogens is 1. The van der Waals surface area contributed by atoms with Crippen molar-refractivity contribution in [3.8, 4) is 0 Å². The smallest absolute Gasteiger partial charge is 0.275 e. The third kappa shape index (κ3) is 3.21. The van der Waals surface area contributed by atoms with Crippen molar-refractivity contribution in [1.82, 2.24) is 15.1 Å². The zero-order chi connectivity index (χ0) is 14.7. The van der Waals surface area contributed by atoms with Gasteiger partial charge in [0.25, 0.3) is 5.91 Å². The van der Waals surface area contributed by atoms with E-state index in [0.717, 1.165) is 10.2 Å². The summed E-state index contributed by atoms with van der Waals surface area (Å²) >= 11 is 3.47. The standard InChI is InChI=1S/C13H20BrN3O3/c1-8(2)11-10(14)12(16-15-11)13(18)17-4-5-20-9(6-17)7-19-3/h8-9H,4-7H2,1-3H3,(H,15,16)/t9-/m0/s1. The molecule has 0 aliphatic carbocycles. The van der Waals surface area contributed by atoms with Gasteiger partial charge in [0, 0.05) is 20.2 Å². The van der Waals surface area contributed by atoms with Gasteiger partial charge in [-0.15, -0.1) is 0 Å². The molecule has 0 radical (unpaired) electrons. The van der Waals surface area contributed by atoms with Crippen LogP contribution in [0.5, 0.6) is 0 Å². The molecule has 0 bridgehead atoms. The second kappa shape index (κ2) is 6.69.